The molecule has 0 unspecified atom stereocenters. The van der Waals surface area contributed by atoms with Gasteiger partial charge in [-0.25, -0.2) is 4.79 Å². The molecule has 1 aliphatic heterocycles. The number of nitrogens with zero attached hydrogens (tertiary/aromatic N) is 1. The van der Waals surface area contributed by atoms with E-state index in [1.165, 1.54) is 6.92 Å². The van der Waals surface area contributed by atoms with Crippen LogP contribution in [0.2, 0.25) is 0 Å². The van der Waals surface area contributed by atoms with Crippen molar-refractivity contribution in [2.24, 2.45) is 5.92 Å². The van der Waals surface area contributed by atoms with Crippen molar-refractivity contribution >= 4 is 17.5 Å². The summed E-state index contributed by atoms with van der Waals surface area (Å²) in [5, 5.41) is 5.70. The minimum Gasteiger partial charge on any atom is -0.338 e. The fourth-order valence-corrected chi connectivity index (χ4v) is 2.47. The third-order valence-corrected chi connectivity index (χ3v) is 3.94. The molecule has 1 aromatic rings. The van der Waals surface area contributed by atoms with Gasteiger partial charge in [0.2, 0.25) is 0 Å². The summed E-state index contributed by atoms with van der Waals surface area (Å²) in [5.41, 5.74) is 1.34. The van der Waals surface area contributed by atoms with Crippen LogP contribution >= 0.6 is 0 Å². The van der Waals surface area contributed by atoms with Crippen LogP contribution in [0.4, 0.5) is 10.5 Å². The second kappa shape index (κ2) is 7.22. The zero-order chi connectivity index (χ0) is 15.2. The highest BCUT2D eigenvalue weighted by molar-refractivity contribution is 5.95. The third-order valence-electron chi connectivity index (χ3n) is 3.94. The molecule has 2 N–H and O–H groups in total. The van der Waals surface area contributed by atoms with Crippen LogP contribution in [-0.2, 0) is 0 Å². The lowest BCUT2D eigenvalue weighted by Gasteiger charge is -2.28. The highest BCUT2D eigenvalue weighted by Crippen LogP contribution is 2.15. The molecule has 2 rings (SSSR count). The first-order valence-electron chi connectivity index (χ1n) is 7.39. The fraction of sp³-hybridized carbons (Fsp3) is 0.500. The van der Waals surface area contributed by atoms with E-state index >= 15 is 0 Å². The van der Waals surface area contributed by atoms with Gasteiger partial charge in [-0.15, -0.1) is 0 Å². The second-order valence-electron chi connectivity index (χ2n) is 5.72. The predicted octanol–water partition coefficient (Wildman–Crippen LogP) is 2.35. The van der Waals surface area contributed by atoms with Crippen molar-refractivity contribution in [2.45, 2.75) is 19.8 Å². The maximum atomic E-state index is 11.8. The highest BCUT2D eigenvalue weighted by Gasteiger charge is 2.17. The first-order chi connectivity index (χ1) is 10.0. The van der Waals surface area contributed by atoms with Crippen LogP contribution in [-0.4, -0.2) is 43.4 Å². The van der Waals surface area contributed by atoms with Gasteiger partial charge < -0.3 is 15.5 Å². The number of anilines is 1. The summed E-state index contributed by atoms with van der Waals surface area (Å²) in [6, 6.07) is 6.73. The minimum absolute atomic E-state index is 0.0215. The van der Waals surface area contributed by atoms with Gasteiger partial charge in [0.25, 0.3) is 0 Å². The summed E-state index contributed by atoms with van der Waals surface area (Å²) in [6.07, 6.45) is 2.26. The number of hydrogen-bond donors (Lipinski definition) is 2. The Hall–Kier alpha value is -1.88. The van der Waals surface area contributed by atoms with Crippen molar-refractivity contribution in [3.8, 4) is 0 Å². The molecule has 1 fully saturated rings. The Labute approximate surface area is 125 Å². The van der Waals surface area contributed by atoms with E-state index in [9.17, 15) is 9.59 Å². The predicted molar refractivity (Wildman–Crippen MR) is 83.7 cm³/mol. The smallest absolute Gasteiger partial charge is 0.319 e. The fourth-order valence-electron chi connectivity index (χ4n) is 2.47. The van der Waals surface area contributed by atoms with E-state index in [0.29, 0.717) is 23.7 Å². The number of amides is 2. The molecule has 0 atom stereocenters. The van der Waals surface area contributed by atoms with E-state index in [1.807, 2.05) is 0 Å². The van der Waals surface area contributed by atoms with Crippen LogP contribution in [0.3, 0.4) is 0 Å². The van der Waals surface area contributed by atoms with Crippen molar-refractivity contribution in [3.63, 3.8) is 0 Å². The van der Waals surface area contributed by atoms with Crippen molar-refractivity contribution in [3.05, 3.63) is 29.8 Å². The number of likely N-dealkylation sites (tertiary alicyclic amines) is 1. The van der Waals surface area contributed by atoms with Gasteiger partial charge in [-0.1, -0.05) is 0 Å². The van der Waals surface area contributed by atoms with Gasteiger partial charge in [0.05, 0.1) is 0 Å². The quantitative estimate of drug-likeness (QED) is 0.836. The zero-order valence-electron chi connectivity index (χ0n) is 12.7. The molecule has 21 heavy (non-hydrogen) atoms. The van der Waals surface area contributed by atoms with Gasteiger partial charge in [-0.2, -0.15) is 0 Å². The van der Waals surface area contributed by atoms with E-state index in [0.717, 1.165) is 25.9 Å². The molecule has 114 valence electrons. The Morgan fingerprint density at radius 2 is 1.81 bits per heavy atom. The lowest BCUT2D eigenvalue weighted by atomic mass is 9.97. The monoisotopic (exact) mass is 289 g/mol. The molecular weight excluding hydrogens is 266 g/mol. The molecule has 5 nitrogen and oxygen atoms in total. The molecular formula is C16H23N3O2. The topological polar surface area (TPSA) is 61.4 Å². The van der Waals surface area contributed by atoms with Gasteiger partial charge in [-0.05, 0) is 70.1 Å². The van der Waals surface area contributed by atoms with Crippen molar-refractivity contribution in [1.29, 1.82) is 0 Å². The maximum absolute atomic E-state index is 11.8. The van der Waals surface area contributed by atoms with Crippen LogP contribution in [0, 0.1) is 5.92 Å². The first-order valence-corrected chi connectivity index (χ1v) is 7.39. The molecule has 0 spiro atoms. The van der Waals surface area contributed by atoms with Crippen LogP contribution in [0.25, 0.3) is 0 Å². The number of urea groups is 1. The average Bonchev–Trinajstić information content (AvgIpc) is 2.47. The minimum atomic E-state index is -0.190. The number of benzene rings is 1. The van der Waals surface area contributed by atoms with E-state index in [4.69, 9.17) is 0 Å². The Balaban J connectivity index is 1.75. The molecule has 5 heteroatoms. The van der Waals surface area contributed by atoms with Gasteiger partial charge in [0, 0.05) is 17.8 Å². The summed E-state index contributed by atoms with van der Waals surface area (Å²) >= 11 is 0. The van der Waals surface area contributed by atoms with Gasteiger partial charge in [0.1, 0.15) is 0 Å². The number of Topliss-reactive ketones (excluding diaryl/α,β-unsaturated/α-hetero) is 1. The Morgan fingerprint density at radius 3 is 2.38 bits per heavy atom. The van der Waals surface area contributed by atoms with Crippen LogP contribution < -0.4 is 10.6 Å². The summed E-state index contributed by atoms with van der Waals surface area (Å²) in [7, 11) is 2.13. The Kier molecular flexibility index (Phi) is 5.33. The van der Waals surface area contributed by atoms with Crippen molar-refractivity contribution in [1.82, 2.24) is 10.2 Å². The molecule has 0 aliphatic carbocycles. The summed E-state index contributed by atoms with van der Waals surface area (Å²) in [6.45, 7) is 4.43. The molecule has 2 amide bonds. The summed E-state index contributed by atoms with van der Waals surface area (Å²) in [5.74, 6) is 0.584. The first kappa shape index (κ1) is 15.5. The molecule has 0 saturated carbocycles. The third kappa shape index (κ3) is 4.86. The number of ketones is 1. The molecule has 1 saturated heterocycles. The van der Waals surface area contributed by atoms with E-state index in [-0.39, 0.29) is 11.8 Å². The van der Waals surface area contributed by atoms with E-state index < -0.39 is 0 Å². The molecule has 0 radical (unpaired) electrons. The Bertz CT molecular complexity index is 491. The number of hydrogen-bond acceptors (Lipinski definition) is 3. The van der Waals surface area contributed by atoms with Gasteiger partial charge in [-0.3, -0.25) is 4.79 Å². The molecule has 0 bridgehead atoms. The van der Waals surface area contributed by atoms with Crippen molar-refractivity contribution < 1.29 is 9.59 Å². The average molecular weight is 289 g/mol. The van der Waals surface area contributed by atoms with Crippen LogP contribution in [0.15, 0.2) is 24.3 Å². The normalized spacial score (nSPS) is 16.5. The maximum Gasteiger partial charge on any atom is 0.319 e. The van der Waals surface area contributed by atoms with Crippen LogP contribution in [0.1, 0.15) is 30.1 Å². The largest absolute Gasteiger partial charge is 0.338 e. The molecule has 1 aliphatic rings. The second-order valence-corrected chi connectivity index (χ2v) is 5.72. The molecule has 1 heterocycles. The lowest BCUT2D eigenvalue weighted by Crippen LogP contribution is -2.38. The number of nitrogens with one attached hydrogen (secondary N) is 2. The number of rotatable bonds is 4. The SMILES string of the molecule is CC(=O)c1ccc(NC(=O)NCC2CCN(C)CC2)cc1. The highest BCUT2D eigenvalue weighted by atomic mass is 16.2. The van der Waals surface area contributed by atoms with E-state index in [2.05, 4.69) is 22.6 Å². The van der Waals surface area contributed by atoms with Gasteiger partial charge >= 0.3 is 6.03 Å². The summed E-state index contributed by atoms with van der Waals surface area (Å²) < 4.78 is 0. The number of piperidine rings is 1. The standard InChI is InChI=1S/C16H23N3O2/c1-12(20)14-3-5-15(6-4-14)18-16(21)17-11-13-7-9-19(2)10-8-13/h3-6,13H,7-11H2,1-2H3,(H2,17,18,21). The molecule has 0 aromatic heterocycles. The zero-order valence-corrected chi connectivity index (χ0v) is 12.7. The summed E-state index contributed by atoms with van der Waals surface area (Å²) in [4.78, 5) is 25.3. The Morgan fingerprint density at radius 1 is 1.19 bits per heavy atom. The van der Waals surface area contributed by atoms with Gasteiger partial charge in [0.15, 0.2) is 5.78 Å². The van der Waals surface area contributed by atoms with E-state index in [1.54, 1.807) is 24.3 Å². The number of carbonyl (C=O) groups excluding carboxylic acids is 2. The molecule has 1 aromatic carbocycles. The van der Waals surface area contributed by atoms with Crippen LogP contribution in [0.5, 0.6) is 0 Å². The lowest BCUT2D eigenvalue weighted by molar-refractivity contribution is 0.101. The van der Waals surface area contributed by atoms with Crippen molar-refractivity contribution in [2.75, 3.05) is 32.0 Å². The number of carbonyl (C=O) groups is 2.